The van der Waals surface area contributed by atoms with E-state index in [1.54, 1.807) is 7.11 Å². The monoisotopic (exact) mass is 323 g/mol. The van der Waals surface area contributed by atoms with Crippen LogP contribution in [-0.4, -0.2) is 48.5 Å². The number of imidazole rings is 1. The molecule has 2 aromatic rings. The van der Waals surface area contributed by atoms with Crippen LogP contribution < -0.4 is 10.1 Å². The Bertz CT molecular complexity index is 615. The predicted octanol–water partition coefficient (Wildman–Crippen LogP) is 2.21. The van der Waals surface area contributed by atoms with Gasteiger partial charge in [0, 0.05) is 26.3 Å². The quantitative estimate of drug-likeness (QED) is 0.546. The molecule has 22 heavy (non-hydrogen) atoms. The van der Waals surface area contributed by atoms with Crippen LogP contribution in [0, 0.1) is 0 Å². The Labute approximate surface area is 134 Å². The molecule has 0 radical (unpaired) electrons. The number of nitrogens with one attached hydrogen (secondary N) is 2. The summed E-state index contributed by atoms with van der Waals surface area (Å²) in [5.74, 6) is 1.15. The number of carbonyl (C=O) groups excluding carboxylic acids is 1. The minimum atomic E-state index is -0.00318. The summed E-state index contributed by atoms with van der Waals surface area (Å²) in [6.07, 6.45) is 0.817. The predicted molar refractivity (Wildman–Crippen MR) is 87.5 cm³/mol. The summed E-state index contributed by atoms with van der Waals surface area (Å²) in [4.78, 5) is 19.3. The van der Waals surface area contributed by atoms with E-state index in [1.165, 1.54) is 11.8 Å². The molecule has 2 rings (SSSR count). The molecule has 0 aliphatic carbocycles. The second kappa shape index (κ2) is 8.65. The summed E-state index contributed by atoms with van der Waals surface area (Å²) >= 11 is 1.39. The largest absolute Gasteiger partial charge is 0.494 e. The fourth-order valence-electron chi connectivity index (χ4n) is 1.92. The van der Waals surface area contributed by atoms with Crippen molar-refractivity contribution in [3.8, 4) is 5.75 Å². The van der Waals surface area contributed by atoms with Crippen LogP contribution >= 0.6 is 11.8 Å². The van der Waals surface area contributed by atoms with E-state index in [0.29, 0.717) is 25.5 Å². The Hall–Kier alpha value is -1.73. The molecule has 7 heteroatoms. The molecular weight excluding hydrogens is 302 g/mol. The molecule has 1 heterocycles. The van der Waals surface area contributed by atoms with Gasteiger partial charge in [-0.3, -0.25) is 4.79 Å². The number of aromatic amines is 1. The summed E-state index contributed by atoms with van der Waals surface area (Å²) < 4.78 is 10.4. The maximum atomic E-state index is 11.7. The van der Waals surface area contributed by atoms with Crippen molar-refractivity contribution in [3.05, 3.63) is 18.2 Å². The van der Waals surface area contributed by atoms with Gasteiger partial charge in [0.05, 0.1) is 23.4 Å². The van der Waals surface area contributed by atoms with E-state index >= 15 is 0 Å². The lowest BCUT2D eigenvalue weighted by Gasteiger charge is -2.03. The fraction of sp³-hybridized carbons (Fsp3) is 0.467. The van der Waals surface area contributed by atoms with Crippen molar-refractivity contribution in [1.29, 1.82) is 0 Å². The first-order valence-corrected chi connectivity index (χ1v) is 8.22. The molecule has 0 aliphatic heterocycles. The van der Waals surface area contributed by atoms with Crippen LogP contribution in [0.4, 0.5) is 0 Å². The van der Waals surface area contributed by atoms with E-state index in [2.05, 4.69) is 15.3 Å². The van der Waals surface area contributed by atoms with Gasteiger partial charge in [-0.2, -0.15) is 0 Å². The van der Waals surface area contributed by atoms with E-state index in [4.69, 9.17) is 9.47 Å². The number of nitrogens with zero attached hydrogens (tertiary/aromatic N) is 1. The zero-order valence-electron chi connectivity index (χ0n) is 12.8. The smallest absolute Gasteiger partial charge is 0.230 e. The zero-order chi connectivity index (χ0) is 15.8. The highest BCUT2D eigenvalue weighted by atomic mass is 32.2. The number of ether oxygens (including phenoxy) is 2. The van der Waals surface area contributed by atoms with Crippen LogP contribution in [0.3, 0.4) is 0 Å². The Balaban J connectivity index is 1.85. The lowest BCUT2D eigenvalue weighted by molar-refractivity contribution is -0.118. The lowest BCUT2D eigenvalue weighted by Crippen LogP contribution is -2.26. The maximum Gasteiger partial charge on any atom is 0.230 e. The van der Waals surface area contributed by atoms with Gasteiger partial charge in [0.1, 0.15) is 5.75 Å². The number of hydrogen-bond acceptors (Lipinski definition) is 5. The highest BCUT2D eigenvalue weighted by Crippen LogP contribution is 2.23. The Morgan fingerprint density at radius 2 is 2.32 bits per heavy atom. The van der Waals surface area contributed by atoms with E-state index in [-0.39, 0.29) is 5.91 Å². The molecule has 0 bridgehead atoms. The van der Waals surface area contributed by atoms with Crippen LogP contribution in [0.2, 0.25) is 0 Å². The molecule has 1 aromatic carbocycles. The third-order valence-electron chi connectivity index (χ3n) is 2.93. The van der Waals surface area contributed by atoms with E-state index in [0.717, 1.165) is 28.4 Å². The second-order valence-corrected chi connectivity index (χ2v) is 5.60. The Morgan fingerprint density at radius 1 is 1.45 bits per heavy atom. The van der Waals surface area contributed by atoms with Crippen LogP contribution in [0.15, 0.2) is 23.4 Å². The number of rotatable bonds is 9. The molecule has 0 aliphatic rings. The summed E-state index contributed by atoms with van der Waals surface area (Å²) in [7, 11) is 1.65. The van der Waals surface area contributed by atoms with Gasteiger partial charge in [-0.25, -0.2) is 4.98 Å². The third-order valence-corrected chi connectivity index (χ3v) is 3.80. The molecule has 1 aromatic heterocycles. The topological polar surface area (TPSA) is 76.2 Å². The van der Waals surface area contributed by atoms with Gasteiger partial charge < -0.3 is 19.8 Å². The third kappa shape index (κ3) is 4.92. The normalized spacial score (nSPS) is 10.8. The van der Waals surface area contributed by atoms with E-state index < -0.39 is 0 Å². The molecule has 0 fully saturated rings. The average molecular weight is 323 g/mol. The first-order valence-electron chi connectivity index (χ1n) is 7.24. The van der Waals surface area contributed by atoms with Crippen molar-refractivity contribution in [2.45, 2.75) is 18.5 Å². The van der Waals surface area contributed by atoms with Crippen LogP contribution in [0.5, 0.6) is 5.75 Å². The van der Waals surface area contributed by atoms with Gasteiger partial charge in [-0.15, -0.1) is 0 Å². The highest BCUT2D eigenvalue weighted by Gasteiger charge is 2.07. The first-order chi connectivity index (χ1) is 10.7. The van der Waals surface area contributed by atoms with E-state index in [1.807, 2.05) is 25.1 Å². The number of aromatic nitrogens is 2. The standard InChI is InChI=1S/C15H21N3O3S/c1-3-21-11-5-6-12-13(9-11)18-15(17-12)22-10-14(19)16-7-4-8-20-2/h5-6,9H,3-4,7-8,10H2,1-2H3,(H,16,19)(H,17,18). The van der Waals surface area contributed by atoms with Crippen molar-refractivity contribution in [3.63, 3.8) is 0 Å². The average Bonchev–Trinajstić information content (AvgIpc) is 2.92. The number of H-pyrrole nitrogens is 1. The second-order valence-electron chi connectivity index (χ2n) is 4.64. The number of amides is 1. The molecule has 6 nitrogen and oxygen atoms in total. The van der Waals surface area contributed by atoms with Crippen molar-refractivity contribution >= 4 is 28.7 Å². The van der Waals surface area contributed by atoms with Gasteiger partial charge in [0.25, 0.3) is 0 Å². The summed E-state index contributed by atoms with van der Waals surface area (Å²) in [6.45, 7) is 3.86. The van der Waals surface area contributed by atoms with Crippen LogP contribution in [0.25, 0.3) is 11.0 Å². The number of benzene rings is 1. The van der Waals surface area contributed by atoms with Gasteiger partial charge in [-0.05, 0) is 25.5 Å². The van der Waals surface area contributed by atoms with Gasteiger partial charge in [0.15, 0.2) is 5.16 Å². The Kier molecular flexibility index (Phi) is 6.54. The minimum Gasteiger partial charge on any atom is -0.494 e. The number of fused-ring (bicyclic) bond motifs is 1. The van der Waals surface area contributed by atoms with Crippen molar-refractivity contribution in [2.24, 2.45) is 0 Å². The van der Waals surface area contributed by atoms with Crippen molar-refractivity contribution in [1.82, 2.24) is 15.3 Å². The Morgan fingerprint density at radius 3 is 3.09 bits per heavy atom. The summed E-state index contributed by atoms with van der Waals surface area (Å²) in [5, 5.41) is 3.58. The molecule has 0 atom stereocenters. The number of thioether (sulfide) groups is 1. The zero-order valence-corrected chi connectivity index (χ0v) is 13.7. The van der Waals surface area contributed by atoms with Crippen molar-refractivity contribution in [2.75, 3.05) is 32.6 Å². The lowest BCUT2D eigenvalue weighted by atomic mass is 10.3. The minimum absolute atomic E-state index is 0.00318. The fourth-order valence-corrected chi connectivity index (χ4v) is 2.63. The highest BCUT2D eigenvalue weighted by molar-refractivity contribution is 7.99. The number of methoxy groups -OCH3 is 1. The molecule has 120 valence electrons. The van der Waals surface area contributed by atoms with Gasteiger partial charge in [-0.1, -0.05) is 11.8 Å². The first kappa shape index (κ1) is 16.6. The summed E-state index contributed by atoms with van der Waals surface area (Å²) in [5.41, 5.74) is 1.78. The maximum absolute atomic E-state index is 11.7. The van der Waals surface area contributed by atoms with Crippen LogP contribution in [0.1, 0.15) is 13.3 Å². The summed E-state index contributed by atoms with van der Waals surface area (Å²) in [6, 6.07) is 5.72. The molecule has 0 saturated carbocycles. The van der Waals surface area contributed by atoms with Crippen molar-refractivity contribution < 1.29 is 14.3 Å². The molecule has 0 unspecified atom stereocenters. The number of hydrogen-bond donors (Lipinski definition) is 2. The molecular formula is C15H21N3O3S. The molecule has 2 N–H and O–H groups in total. The van der Waals surface area contributed by atoms with E-state index in [9.17, 15) is 4.79 Å². The SMILES string of the molecule is CCOc1ccc2nc(SCC(=O)NCCCOC)[nH]c2c1. The molecule has 0 saturated heterocycles. The van der Waals surface area contributed by atoms with Crippen LogP contribution in [-0.2, 0) is 9.53 Å². The molecule has 1 amide bonds. The number of carbonyl (C=O) groups is 1. The van der Waals surface area contributed by atoms with Gasteiger partial charge in [0.2, 0.25) is 5.91 Å². The van der Waals surface area contributed by atoms with Gasteiger partial charge >= 0.3 is 0 Å². The molecule has 0 spiro atoms.